The molecule has 0 aromatic carbocycles. The minimum atomic E-state index is -0.725. The van der Waals surface area contributed by atoms with Crippen LogP contribution in [0.15, 0.2) is 12.3 Å². The molecule has 0 bridgehead atoms. The number of pyridine rings is 1. The monoisotopic (exact) mass is 293 g/mol. The van der Waals surface area contributed by atoms with Crippen LogP contribution >= 0.6 is 0 Å². The van der Waals surface area contributed by atoms with E-state index >= 15 is 0 Å². The van der Waals surface area contributed by atoms with E-state index in [2.05, 4.69) is 10.3 Å². The number of nitrogens with one attached hydrogen (secondary N) is 1. The number of hydrogen-bond donors (Lipinski definition) is 2. The van der Waals surface area contributed by atoms with Crippen LogP contribution in [-0.2, 0) is 4.79 Å². The molecule has 2 N–H and O–H groups in total. The quantitative estimate of drug-likeness (QED) is 0.638. The Morgan fingerprint density at radius 3 is 2.71 bits per heavy atom. The fraction of sp³-hybridized carbons (Fsp3) is 0.571. The van der Waals surface area contributed by atoms with Crippen LogP contribution in [0.1, 0.15) is 31.2 Å². The molecule has 0 atom stereocenters. The second-order valence-electron chi connectivity index (χ2n) is 5.57. The van der Waals surface area contributed by atoms with E-state index in [1.165, 1.54) is 6.07 Å². The third kappa shape index (κ3) is 3.90. The van der Waals surface area contributed by atoms with Crippen molar-refractivity contribution < 1.29 is 14.8 Å². The van der Waals surface area contributed by atoms with Crippen molar-refractivity contribution in [2.24, 2.45) is 11.8 Å². The van der Waals surface area contributed by atoms with Crippen molar-refractivity contribution in [2.75, 3.05) is 11.9 Å². The van der Waals surface area contributed by atoms with Crippen LogP contribution < -0.4 is 5.32 Å². The van der Waals surface area contributed by atoms with Crippen LogP contribution in [0.5, 0.6) is 0 Å². The van der Waals surface area contributed by atoms with Gasteiger partial charge in [-0.1, -0.05) is 0 Å². The molecule has 7 heteroatoms. The number of rotatable bonds is 5. The SMILES string of the molecule is Cc1cnc(NCC2CCC(C(=O)O)CC2)c([N+](=O)[O-])c1. The summed E-state index contributed by atoms with van der Waals surface area (Å²) in [6.07, 6.45) is 4.58. The first-order valence-corrected chi connectivity index (χ1v) is 7.05. The van der Waals surface area contributed by atoms with Crippen LogP contribution in [0.2, 0.25) is 0 Å². The zero-order chi connectivity index (χ0) is 15.4. The molecule has 0 amide bonds. The zero-order valence-electron chi connectivity index (χ0n) is 11.9. The van der Waals surface area contributed by atoms with Crippen molar-refractivity contribution in [3.8, 4) is 0 Å². The number of carboxylic acid groups (broad SMARTS) is 1. The number of aromatic nitrogens is 1. The minimum Gasteiger partial charge on any atom is -0.481 e. The Kier molecular flexibility index (Phi) is 4.72. The van der Waals surface area contributed by atoms with Gasteiger partial charge in [0.05, 0.1) is 10.8 Å². The molecular weight excluding hydrogens is 274 g/mol. The lowest BCUT2D eigenvalue weighted by atomic mass is 9.82. The second-order valence-corrected chi connectivity index (χ2v) is 5.57. The number of aryl methyl sites for hydroxylation is 1. The van der Waals surface area contributed by atoms with Crippen LogP contribution in [0, 0.1) is 28.9 Å². The lowest BCUT2D eigenvalue weighted by molar-refractivity contribution is -0.384. The molecule has 1 fully saturated rings. The van der Waals surface area contributed by atoms with E-state index in [1.54, 1.807) is 13.1 Å². The first-order chi connectivity index (χ1) is 9.97. The minimum absolute atomic E-state index is 0.0192. The highest BCUT2D eigenvalue weighted by Gasteiger charge is 2.26. The average Bonchev–Trinajstić information content (AvgIpc) is 2.46. The van der Waals surface area contributed by atoms with Gasteiger partial charge in [0.25, 0.3) is 0 Å². The van der Waals surface area contributed by atoms with Crippen molar-refractivity contribution >= 4 is 17.5 Å². The molecule has 21 heavy (non-hydrogen) atoms. The Morgan fingerprint density at radius 2 is 2.14 bits per heavy atom. The number of aliphatic carboxylic acids is 1. The highest BCUT2D eigenvalue weighted by molar-refractivity contribution is 5.70. The van der Waals surface area contributed by atoms with Gasteiger partial charge in [0, 0.05) is 18.8 Å². The number of carbonyl (C=O) groups is 1. The highest BCUT2D eigenvalue weighted by Crippen LogP contribution is 2.30. The maximum absolute atomic E-state index is 11.0. The maximum atomic E-state index is 11.0. The van der Waals surface area contributed by atoms with E-state index in [0.29, 0.717) is 25.3 Å². The van der Waals surface area contributed by atoms with Gasteiger partial charge in [-0.3, -0.25) is 14.9 Å². The summed E-state index contributed by atoms with van der Waals surface area (Å²) in [5, 5.41) is 23.0. The molecule has 0 aliphatic heterocycles. The van der Waals surface area contributed by atoms with E-state index < -0.39 is 10.9 Å². The molecule has 1 saturated carbocycles. The van der Waals surface area contributed by atoms with Crippen LogP contribution in [0.3, 0.4) is 0 Å². The largest absolute Gasteiger partial charge is 0.481 e. The Balaban J connectivity index is 1.92. The summed E-state index contributed by atoms with van der Waals surface area (Å²) in [5.74, 6) is -0.348. The molecule has 1 aromatic heterocycles. The lowest BCUT2D eigenvalue weighted by Gasteiger charge is -2.26. The van der Waals surface area contributed by atoms with Gasteiger partial charge in [-0.05, 0) is 44.1 Å². The Bertz CT molecular complexity index is 539. The van der Waals surface area contributed by atoms with Crippen LogP contribution in [0.25, 0.3) is 0 Å². The van der Waals surface area contributed by atoms with E-state index in [4.69, 9.17) is 5.11 Å². The van der Waals surface area contributed by atoms with Crippen molar-refractivity contribution in [3.63, 3.8) is 0 Å². The number of nitro groups is 1. The lowest BCUT2D eigenvalue weighted by Crippen LogP contribution is -2.25. The van der Waals surface area contributed by atoms with Gasteiger partial charge in [-0.2, -0.15) is 0 Å². The van der Waals surface area contributed by atoms with E-state index in [1.807, 2.05) is 0 Å². The fourth-order valence-electron chi connectivity index (χ4n) is 2.68. The first kappa shape index (κ1) is 15.2. The number of hydrogen-bond acceptors (Lipinski definition) is 5. The Labute approximate surface area is 122 Å². The number of nitrogens with zero attached hydrogens (tertiary/aromatic N) is 2. The van der Waals surface area contributed by atoms with E-state index in [0.717, 1.165) is 18.4 Å². The molecule has 0 spiro atoms. The molecule has 0 radical (unpaired) electrons. The summed E-state index contributed by atoms with van der Waals surface area (Å²) < 4.78 is 0. The predicted octanol–water partition coefficient (Wildman–Crippen LogP) is 2.60. The van der Waals surface area contributed by atoms with Gasteiger partial charge < -0.3 is 10.4 Å². The molecule has 1 aromatic rings. The third-order valence-corrected chi connectivity index (χ3v) is 3.96. The normalized spacial score (nSPS) is 21.8. The fourth-order valence-corrected chi connectivity index (χ4v) is 2.68. The number of carboxylic acids is 1. The number of anilines is 1. The average molecular weight is 293 g/mol. The molecule has 1 aliphatic carbocycles. The third-order valence-electron chi connectivity index (χ3n) is 3.96. The molecular formula is C14H19N3O4. The summed E-state index contributed by atoms with van der Waals surface area (Å²) in [5.41, 5.74) is 0.725. The van der Waals surface area contributed by atoms with E-state index in [-0.39, 0.29) is 17.4 Å². The van der Waals surface area contributed by atoms with Crippen molar-refractivity contribution in [2.45, 2.75) is 32.6 Å². The van der Waals surface area contributed by atoms with Gasteiger partial charge in [0.2, 0.25) is 5.82 Å². The molecule has 0 saturated heterocycles. The summed E-state index contributed by atoms with van der Waals surface area (Å²) in [6, 6.07) is 1.50. The van der Waals surface area contributed by atoms with Crippen molar-refractivity contribution in [1.29, 1.82) is 0 Å². The molecule has 0 unspecified atom stereocenters. The summed E-state index contributed by atoms with van der Waals surface area (Å²) in [7, 11) is 0. The standard InChI is InChI=1S/C14H19N3O4/c1-9-6-12(17(20)21)13(15-7-9)16-8-10-2-4-11(5-3-10)14(18)19/h6-7,10-11H,2-5,8H2,1H3,(H,15,16)(H,18,19). The zero-order valence-corrected chi connectivity index (χ0v) is 11.9. The summed E-state index contributed by atoms with van der Waals surface area (Å²) in [6.45, 7) is 2.35. The topological polar surface area (TPSA) is 105 Å². The molecule has 2 rings (SSSR count). The van der Waals surface area contributed by atoms with Crippen molar-refractivity contribution in [3.05, 3.63) is 27.9 Å². The molecule has 1 heterocycles. The van der Waals surface area contributed by atoms with Gasteiger partial charge >= 0.3 is 11.7 Å². The highest BCUT2D eigenvalue weighted by atomic mass is 16.6. The maximum Gasteiger partial charge on any atom is 0.311 e. The Morgan fingerprint density at radius 1 is 1.48 bits per heavy atom. The van der Waals surface area contributed by atoms with Crippen molar-refractivity contribution in [1.82, 2.24) is 4.98 Å². The second kappa shape index (κ2) is 6.51. The van der Waals surface area contributed by atoms with Crippen LogP contribution in [-0.4, -0.2) is 27.5 Å². The van der Waals surface area contributed by atoms with Gasteiger partial charge in [-0.25, -0.2) is 4.98 Å². The van der Waals surface area contributed by atoms with Crippen LogP contribution in [0.4, 0.5) is 11.5 Å². The molecule has 114 valence electrons. The van der Waals surface area contributed by atoms with Gasteiger partial charge in [-0.15, -0.1) is 0 Å². The smallest absolute Gasteiger partial charge is 0.311 e. The van der Waals surface area contributed by atoms with Gasteiger partial charge in [0.15, 0.2) is 0 Å². The molecule has 7 nitrogen and oxygen atoms in total. The van der Waals surface area contributed by atoms with Gasteiger partial charge in [0.1, 0.15) is 0 Å². The first-order valence-electron chi connectivity index (χ1n) is 7.05. The van der Waals surface area contributed by atoms with E-state index in [9.17, 15) is 14.9 Å². The Hall–Kier alpha value is -2.18. The summed E-state index contributed by atoms with van der Waals surface area (Å²) in [4.78, 5) is 25.5. The molecule has 1 aliphatic rings. The summed E-state index contributed by atoms with van der Waals surface area (Å²) >= 11 is 0. The predicted molar refractivity (Wildman–Crippen MR) is 77.2 cm³/mol.